The van der Waals surface area contributed by atoms with Crippen LogP contribution in [0.2, 0.25) is 0 Å². The zero-order valence-electron chi connectivity index (χ0n) is 33.0. The van der Waals surface area contributed by atoms with Crippen molar-refractivity contribution >= 4 is 64.9 Å². The molecule has 2 heterocycles. The van der Waals surface area contributed by atoms with Gasteiger partial charge in [0, 0.05) is 24.3 Å². The molecule has 0 radical (unpaired) electrons. The molecule has 7 rings (SSSR count). The summed E-state index contributed by atoms with van der Waals surface area (Å²) in [4.78, 5) is 65.2. The molecule has 0 aliphatic carbocycles. The van der Waals surface area contributed by atoms with E-state index in [9.17, 15) is 56.9 Å². The van der Waals surface area contributed by atoms with Crippen molar-refractivity contribution in [2.24, 2.45) is 10.2 Å². The average molecular weight is 909 g/mol. The lowest BCUT2D eigenvalue weighted by Crippen LogP contribution is -2.30. The Morgan fingerprint density at radius 2 is 0.938 bits per heavy atom. The molecule has 0 aliphatic rings. The Hall–Kier alpha value is -8.06. The van der Waals surface area contributed by atoms with Crippen LogP contribution in [-0.4, -0.2) is 68.3 Å². The Morgan fingerprint density at radius 3 is 1.27 bits per heavy atom. The van der Waals surface area contributed by atoms with Crippen molar-refractivity contribution in [2.45, 2.75) is 35.8 Å². The number of non-ortho nitro benzene ring substituents is 2. The number of hydrogen-bond donors (Lipinski definition) is 6. The summed E-state index contributed by atoms with van der Waals surface area (Å²) in [5, 5.41) is 54.1. The minimum Gasteiger partial charge on any atom is -0.382 e. The van der Waals surface area contributed by atoms with E-state index in [1.54, 1.807) is 13.8 Å². The molecule has 2 atom stereocenters. The first kappa shape index (κ1) is 44.0. The van der Waals surface area contributed by atoms with E-state index in [4.69, 9.17) is 0 Å². The molecular weight excluding hydrogens is 877 g/mol. The molecule has 7 aromatic rings. The van der Waals surface area contributed by atoms with E-state index in [1.165, 1.54) is 84.9 Å². The van der Waals surface area contributed by atoms with Crippen LogP contribution in [-0.2, 0) is 20.0 Å². The van der Waals surface area contributed by atoms with E-state index in [2.05, 4.69) is 30.1 Å². The molecule has 0 saturated carbocycles. The van der Waals surface area contributed by atoms with Gasteiger partial charge in [-0.2, -0.15) is 36.7 Å². The number of aryl methyl sites for hydroxylation is 2. The number of nitrogens with zero attached hydrogens (tertiary/aromatic N) is 6. The number of nitrogens with one attached hydrogen (secondary N) is 4. The summed E-state index contributed by atoms with van der Waals surface area (Å²) in [5.74, 6) is 0. The van der Waals surface area contributed by atoms with Gasteiger partial charge in [-0.15, -0.1) is 0 Å². The number of aliphatic hydroxyl groups is 2. The van der Waals surface area contributed by atoms with Crippen molar-refractivity contribution in [1.82, 2.24) is 29.6 Å². The molecular formula is C40H32N10O12S2. The molecule has 22 nitrogen and oxygen atoms in total. The van der Waals surface area contributed by atoms with E-state index in [1.807, 2.05) is 9.66 Å². The fourth-order valence-electron chi connectivity index (χ4n) is 6.15. The van der Waals surface area contributed by atoms with Crippen LogP contribution in [0.25, 0.3) is 22.1 Å². The topological polar surface area (TPSA) is 335 Å². The molecule has 0 fully saturated rings. The average Bonchev–Trinajstić information content (AvgIpc) is 3.26. The van der Waals surface area contributed by atoms with Gasteiger partial charge >= 0.3 is 0 Å². The monoisotopic (exact) mass is 908 g/mol. The molecule has 64 heavy (non-hydrogen) atoms. The minimum atomic E-state index is -4.40. The van der Waals surface area contributed by atoms with E-state index >= 15 is 0 Å². The van der Waals surface area contributed by atoms with Crippen LogP contribution >= 0.6 is 0 Å². The molecule has 0 amide bonds. The van der Waals surface area contributed by atoms with Gasteiger partial charge in [-0.3, -0.25) is 29.8 Å². The largest absolute Gasteiger partial charge is 0.382 e. The molecule has 24 heteroatoms. The number of benzene rings is 5. The summed E-state index contributed by atoms with van der Waals surface area (Å²) in [6, 6.07) is 23.1. The van der Waals surface area contributed by atoms with Crippen molar-refractivity contribution in [2.75, 3.05) is 0 Å². The lowest BCUT2D eigenvalue weighted by molar-refractivity contribution is -0.384. The van der Waals surface area contributed by atoms with Gasteiger partial charge in [0.1, 0.15) is 23.6 Å². The predicted molar refractivity (Wildman–Crippen MR) is 230 cm³/mol. The number of aromatic amines is 2. The Kier molecular flexibility index (Phi) is 11.9. The van der Waals surface area contributed by atoms with Gasteiger partial charge in [0.05, 0.1) is 41.7 Å². The first-order valence-corrected chi connectivity index (χ1v) is 21.4. The third kappa shape index (κ3) is 9.24. The molecule has 2 aromatic heterocycles. The normalized spacial score (nSPS) is 13.4. The molecule has 0 aliphatic heterocycles. The number of fused-ring (bicyclic) bond motifs is 2. The molecule has 0 spiro atoms. The van der Waals surface area contributed by atoms with Gasteiger partial charge in [0.15, 0.2) is 11.4 Å². The van der Waals surface area contributed by atoms with Crippen LogP contribution in [0, 0.1) is 34.1 Å². The van der Waals surface area contributed by atoms with Gasteiger partial charge in [-0.05, 0) is 61.4 Å². The van der Waals surface area contributed by atoms with Gasteiger partial charge < -0.3 is 20.2 Å². The summed E-state index contributed by atoms with van der Waals surface area (Å²) in [5.41, 5.74) is -3.79. The number of aliphatic hydroxyl groups excluding tert-OH is 2. The Bertz CT molecular complexity index is 3190. The first-order chi connectivity index (χ1) is 30.3. The highest BCUT2D eigenvalue weighted by Gasteiger charge is 2.28. The quantitative estimate of drug-likeness (QED) is 0.0518. The molecule has 0 bridgehead atoms. The SMILES string of the molecule is Cc1ccc(S(=O)(=O)NN=C(c2nc3ccc([N+](=O)[O-])cc3[nH]c2=O)[C@@H](O)c2ccc([C@@H](O)C(=NNS(=O)(=O)c3ccc(C)cc3)c3nc4ccc([N+](=O)[O-])cc4[nH]c3=O)cc2)cc1. The van der Waals surface area contributed by atoms with Crippen LogP contribution in [0.4, 0.5) is 11.4 Å². The Morgan fingerprint density at radius 1 is 0.594 bits per heavy atom. The van der Waals surface area contributed by atoms with Crippen molar-refractivity contribution in [3.05, 3.63) is 184 Å². The van der Waals surface area contributed by atoms with Gasteiger partial charge in [0.25, 0.3) is 42.5 Å². The number of H-pyrrole nitrogens is 2. The highest BCUT2D eigenvalue weighted by atomic mass is 32.2. The number of sulfonamides is 2. The first-order valence-electron chi connectivity index (χ1n) is 18.5. The summed E-state index contributed by atoms with van der Waals surface area (Å²) in [6.07, 6.45) is -3.86. The number of hydrazone groups is 2. The number of rotatable bonds is 14. The smallest absolute Gasteiger partial charge is 0.276 e. The lowest BCUT2D eigenvalue weighted by atomic mass is 9.97. The highest BCUT2D eigenvalue weighted by molar-refractivity contribution is 7.89. The van der Waals surface area contributed by atoms with Crippen LogP contribution in [0.3, 0.4) is 0 Å². The third-order valence-corrected chi connectivity index (χ3v) is 12.0. The zero-order chi connectivity index (χ0) is 46.1. The van der Waals surface area contributed by atoms with Crippen molar-refractivity contribution < 1.29 is 36.9 Å². The second-order valence-corrected chi connectivity index (χ2v) is 17.3. The fraction of sp³-hybridized carbons (Fsp3) is 0.100. The minimum absolute atomic E-state index is 0.0142. The van der Waals surface area contributed by atoms with Crippen LogP contribution < -0.4 is 20.8 Å². The maximum atomic E-state index is 13.5. The van der Waals surface area contributed by atoms with Crippen molar-refractivity contribution in [3.63, 3.8) is 0 Å². The second-order valence-electron chi connectivity index (χ2n) is 14.0. The highest BCUT2D eigenvalue weighted by Crippen LogP contribution is 2.25. The second kappa shape index (κ2) is 17.4. The third-order valence-electron chi connectivity index (χ3n) is 9.58. The summed E-state index contributed by atoms with van der Waals surface area (Å²) < 4.78 is 53.1. The standard InChI is InChI=1S/C40H32N10O12S2/c1-21-3-13-27(14-4-21)63(59,60)47-45-33(35-39(53)43-31-19-25(49(55)56)11-17-29(31)41-35)37(51)23-7-9-24(10-8-23)38(52)34(46-48-64(61,62)28-15-5-22(2)6-16-28)36-40(54)44-32-20-26(50(57)58)12-18-30(32)42-36/h3-20,37-38,47-48,51-52H,1-2H3,(H,43,53)(H,44,54)/t37-,38+. The number of hydrogen-bond acceptors (Lipinski definition) is 16. The number of aromatic nitrogens is 4. The van der Waals surface area contributed by atoms with Gasteiger partial charge in [-0.1, -0.05) is 59.7 Å². The molecule has 0 saturated heterocycles. The number of nitro benzene ring substituents is 2. The Labute approximate surface area is 360 Å². The molecule has 5 aromatic carbocycles. The molecule has 6 N–H and O–H groups in total. The van der Waals surface area contributed by atoms with Gasteiger partial charge in [0.2, 0.25) is 0 Å². The fourth-order valence-corrected chi connectivity index (χ4v) is 7.78. The summed E-state index contributed by atoms with van der Waals surface area (Å²) in [7, 11) is -8.80. The predicted octanol–water partition coefficient (Wildman–Crippen LogP) is 3.43. The van der Waals surface area contributed by atoms with Crippen LogP contribution in [0.5, 0.6) is 0 Å². The lowest BCUT2D eigenvalue weighted by Gasteiger charge is -2.17. The van der Waals surface area contributed by atoms with Crippen molar-refractivity contribution in [3.8, 4) is 0 Å². The molecule has 326 valence electrons. The van der Waals surface area contributed by atoms with E-state index in [-0.39, 0.29) is 54.4 Å². The van der Waals surface area contributed by atoms with Crippen molar-refractivity contribution in [1.29, 1.82) is 0 Å². The Balaban J connectivity index is 1.29. The maximum Gasteiger partial charge on any atom is 0.276 e. The molecule has 0 unspecified atom stereocenters. The van der Waals surface area contributed by atoms with Crippen LogP contribution in [0.15, 0.2) is 139 Å². The zero-order valence-corrected chi connectivity index (χ0v) is 34.7. The van der Waals surface area contributed by atoms with Gasteiger partial charge in [-0.25, -0.2) is 9.97 Å². The summed E-state index contributed by atoms with van der Waals surface area (Å²) >= 11 is 0. The maximum absolute atomic E-state index is 13.5. The summed E-state index contributed by atoms with van der Waals surface area (Å²) in [6.45, 7) is 3.48. The van der Waals surface area contributed by atoms with E-state index in [0.717, 1.165) is 35.4 Å². The number of nitro groups is 2. The van der Waals surface area contributed by atoms with Crippen LogP contribution in [0.1, 0.15) is 45.8 Å². The van der Waals surface area contributed by atoms with E-state index < -0.39 is 76.0 Å². The van der Waals surface area contributed by atoms with E-state index in [0.29, 0.717) is 0 Å².